The van der Waals surface area contributed by atoms with Gasteiger partial charge in [-0.2, -0.15) is 0 Å². The zero-order valence-corrected chi connectivity index (χ0v) is 18.6. The third-order valence-corrected chi connectivity index (χ3v) is 6.76. The molecule has 0 radical (unpaired) electrons. The monoisotopic (exact) mass is 455 g/mol. The molecule has 9 heteroatoms. The van der Waals surface area contributed by atoms with Gasteiger partial charge in [-0.1, -0.05) is 12.1 Å². The van der Waals surface area contributed by atoms with Gasteiger partial charge in [0.25, 0.3) is 5.91 Å². The third-order valence-electron chi connectivity index (χ3n) is 5.49. The Balaban J connectivity index is 1.21. The van der Waals surface area contributed by atoms with Crippen LogP contribution in [0.4, 0.5) is 11.4 Å². The van der Waals surface area contributed by atoms with Crippen LogP contribution in [0.2, 0.25) is 0 Å². The van der Waals surface area contributed by atoms with Gasteiger partial charge in [0.1, 0.15) is 5.75 Å². The predicted octanol–water partition coefficient (Wildman–Crippen LogP) is 2.39. The van der Waals surface area contributed by atoms with Crippen LogP contribution < -0.4 is 15.0 Å². The fourth-order valence-electron chi connectivity index (χ4n) is 3.68. The van der Waals surface area contributed by atoms with Crippen LogP contribution in [0.25, 0.3) is 0 Å². The van der Waals surface area contributed by atoms with Crippen LogP contribution in [0, 0.1) is 0 Å². The number of anilines is 2. The average molecular weight is 456 g/mol. The van der Waals surface area contributed by atoms with Gasteiger partial charge in [0.2, 0.25) is 5.91 Å². The quantitative estimate of drug-likeness (QED) is 0.669. The zero-order chi connectivity index (χ0) is 22.5. The lowest BCUT2D eigenvalue weighted by molar-refractivity contribution is -0.152. The lowest BCUT2D eigenvalue weighted by Gasteiger charge is -2.36. The molecule has 4 rings (SSSR count). The highest BCUT2D eigenvalue weighted by Crippen LogP contribution is 2.36. The maximum absolute atomic E-state index is 12.5. The summed E-state index contributed by atoms with van der Waals surface area (Å²) in [5.41, 5.74) is 1.82. The van der Waals surface area contributed by atoms with Gasteiger partial charge >= 0.3 is 5.97 Å². The number of rotatable bonds is 6. The van der Waals surface area contributed by atoms with Crippen molar-refractivity contribution in [1.29, 1.82) is 0 Å². The normalized spacial score (nSPS) is 17.9. The van der Waals surface area contributed by atoms with E-state index in [4.69, 9.17) is 9.47 Å². The molecule has 1 atom stereocenters. The summed E-state index contributed by atoms with van der Waals surface area (Å²) in [5.74, 6) is -0.203. The number of esters is 1. The van der Waals surface area contributed by atoms with Gasteiger partial charge in [-0.15, -0.1) is 11.8 Å². The van der Waals surface area contributed by atoms with E-state index in [0.717, 1.165) is 22.0 Å². The maximum Gasteiger partial charge on any atom is 0.307 e. The molecule has 1 N–H and O–H groups in total. The first-order valence-electron chi connectivity index (χ1n) is 10.4. The SMILES string of the molecule is COc1ccc(N2CCN(C(=O)COC(=O)CC3Sc4ccccc4NC3=O)CC2)cc1. The van der Waals surface area contributed by atoms with Crippen LogP contribution in [-0.2, 0) is 19.1 Å². The Bertz CT molecular complexity index is 989. The fraction of sp³-hybridized carbons (Fsp3) is 0.348. The number of thioether (sulfide) groups is 1. The first kappa shape index (κ1) is 22.0. The predicted molar refractivity (Wildman–Crippen MR) is 122 cm³/mol. The number of nitrogens with one attached hydrogen (secondary N) is 1. The lowest BCUT2D eigenvalue weighted by atomic mass is 10.2. The largest absolute Gasteiger partial charge is 0.497 e. The van der Waals surface area contributed by atoms with Crippen molar-refractivity contribution in [2.45, 2.75) is 16.6 Å². The molecule has 168 valence electrons. The summed E-state index contributed by atoms with van der Waals surface area (Å²) < 4.78 is 10.4. The number of benzene rings is 2. The molecule has 2 aromatic carbocycles. The van der Waals surface area contributed by atoms with Crippen molar-refractivity contribution in [2.75, 3.05) is 50.1 Å². The van der Waals surface area contributed by atoms with Crippen LogP contribution >= 0.6 is 11.8 Å². The molecule has 8 nitrogen and oxygen atoms in total. The fourth-order valence-corrected chi connectivity index (χ4v) is 4.77. The molecule has 0 aliphatic carbocycles. The Kier molecular flexibility index (Phi) is 6.84. The lowest BCUT2D eigenvalue weighted by Crippen LogP contribution is -2.50. The van der Waals surface area contributed by atoms with E-state index in [1.54, 1.807) is 12.0 Å². The second kappa shape index (κ2) is 9.95. The molecule has 0 bridgehead atoms. The summed E-state index contributed by atoms with van der Waals surface area (Å²) in [6, 6.07) is 15.3. The van der Waals surface area contributed by atoms with Crippen molar-refractivity contribution in [3.8, 4) is 5.75 Å². The number of hydrogen-bond acceptors (Lipinski definition) is 7. The van der Waals surface area contributed by atoms with Gasteiger partial charge in [-0.25, -0.2) is 0 Å². The van der Waals surface area contributed by atoms with E-state index in [-0.39, 0.29) is 24.8 Å². The molecule has 2 aliphatic rings. The van der Waals surface area contributed by atoms with Crippen molar-refractivity contribution < 1.29 is 23.9 Å². The summed E-state index contributed by atoms with van der Waals surface area (Å²) in [7, 11) is 1.63. The molecule has 1 saturated heterocycles. The number of nitrogens with zero attached hydrogens (tertiary/aromatic N) is 2. The summed E-state index contributed by atoms with van der Waals surface area (Å²) in [5, 5.41) is 2.23. The van der Waals surface area contributed by atoms with Crippen LogP contribution in [-0.4, -0.2) is 67.8 Å². The number of carbonyl (C=O) groups is 3. The first-order chi connectivity index (χ1) is 15.5. The standard InChI is InChI=1S/C23H25N3O5S/c1-30-17-8-6-16(7-9-17)25-10-12-26(13-11-25)21(27)15-31-22(28)14-20-23(29)24-18-4-2-3-5-19(18)32-20/h2-9,20H,10-15H2,1H3,(H,24,29). The minimum Gasteiger partial charge on any atom is -0.497 e. The van der Waals surface area contributed by atoms with Crippen LogP contribution in [0.15, 0.2) is 53.4 Å². The summed E-state index contributed by atoms with van der Waals surface area (Å²) >= 11 is 1.33. The third kappa shape index (κ3) is 5.16. The number of ether oxygens (including phenoxy) is 2. The van der Waals surface area contributed by atoms with E-state index in [0.29, 0.717) is 26.2 Å². The van der Waals surface area contributed by atoms with Crippen LogP contribution in [0.3, 0.4) is 0 Å². The summed E-state index contributed by atoms with van der Waals surface area (Å²) in [4.78, 5) is 41.8. The van der Waals surface area contributed by atoms with Gasteiger partial charge in [0, 0.05) is 36.8 Å². The van der Waals surface area contributed by atoms with E-state index in [2.05, 4.69) is 10.2 Å². The summed E-state index contributed by atoms with van der Waals surface area (Å²) in [6.45, 7) is 2.20. The number of hydrogen-bond donors (Lipinski definition) is 1. The second-order valence-electron chi connectivity index (χ2n) is 7.52. The molecule has 32 heavy (non-hydrogen) atoms. The Hall–Kier alpha value is -3.20. The van der Waals surface area contributed by atoms with E-state index in [9.17, 15) is 14.4 Å². The first-order valence-corrected chi connectivity index (χ1v) is 11.3. The Morgan fingerprint density at radius 1 is 1.06 bits per heavy atom. The topological polar surface area (TPSA) is 88.2 Å². The number of piperazine rings is 1. The van der Waals surface area contributed by atoms with Crippen molar-refractivity contribution in [2.24, 2.45) is 0 Å². The summed E-state index contributed by atoms with van der Waals surface area (Å²) in [6.07, 6.45) is -0.0800. The highest BCUT2D eigenvalue weighted by atomic mass is 32.2. The minimum atomic E-state index is -0.569. The molecule has 2 aromatic rings. The Labute approximate surface area is 190 Å². The molecular weight excluding hydrogens is 430 g/mol. The van der Waals surface area contributed by atoms with Crippen LogP contribution in [0.5, 0.6) is 5.75 Å². The highest BCUT2D eigenvalue weighted by Gasteiger charge is 2.30. The van der Waals surface area contributed by atoms with E-state index in [1.165, 1.54) is 11.8 Å². The van der Waals surface area contributed by atoms with Gasteiger partial charge in [-0.05, 0) is 36.4 Å². The molecule has 2 amide bonds. The van der Waals surface area contributed by atoms with Gasteiger partial charge in [-0.3, -0.25) is 14.4 Å². The van der Waals surface area contributed by atoms with E-state index < -0.39 is 11.2 Å². The molecule has 0 spiro atoms. The molecule has 2 heterocycles. The maximum atomic E-state index is 12.5. The number of carbonyl (C=O) groups excluding carboxylic acids is 3. The molecule has 1 unspecified atom stereocenters. The zero-order valence-electron chi connectivity index (χ0n) is 17.8. The van der Waals surface area contributed by atoms with Gasteiger partial charge in [0.15, 0.2) is 6.61 Å². The molecular formula is C23H25N3O5S. The molecule has 0 aromatic heterocycles. The average Bonchev–Trinajstić information content (AvgIpc) is 2.83. The van der Waals surface area contributed by atoms with Gasteiger partial charge in [0.05, 0.1) is 24.5 Å². The molecule has 1 fully saturated rings. The van der Waals surface area contributed by atoms with E-state index in [1.807, 2.05) is 48.5 Å². The van der Waals surface area contributed by atoms with Crippen molar-refractivity contribution in [3.05, 3.63) is 48.5 Å². The number of fused-ring (bicyclic) bond motifs is 1. The number of methoxy groups -OCH3 is 1. The number of amides is 2. The smallest absolute Gasteiger partial charge is 0.307 e. The highest BCUT2D eigenvalue weighted by molar-refractivity contribution is 8.01. The Morgan fingerprint density at radius 3 is 2.50 bits per heavy atom. The Morgan fingerprint density at radius 2 is 1.78 bits per heavy atom. The van der Waals surface area contributed by atoms with Crippen molar-refractivity contribution in [3.63, 3.8) is 0 Å². The van der Waals surface area contributed by atoms with Crippen molar-refractivity contribution >= 4 is 40.9 Å². The molecule has 0 saturated carbocycles. The second-order valence-corrected chi connectivity index (χ2v) is 8.77. The molecule has 2 aliphatic heterocycles. The van der Waals surface area contributed by atoms with Crippen molar-refractivity contribution in [1.82, 2.24) is 4.90 Å². The van der Waals surface area contributed by atoms with E-state index >= 15 is 0 Å². The van der Waals surface area contributed by atoms with Gasteiger partial charge < -0.3 is 24.6 Å². The number of para-hydroxylation sites is 1. The van der Waals surface area contributed by atoms with Crippen LogP contribution in [0.1, 0.15) is 6.42 Å². The minimum absolute atomic E-state index is 0.0800.